The van der Waals surface area contributed by atoms with Crippen LogP contribution in [0.3, 0.4) is 0 Å². The zero-order valence-corrected chi connectivity index (χ0v) is 11.2. The second kappa shape index (κ2) is 4.47. The summed E-state index contributed by atoms with van der Waals surface area (Å²) in [5, 5.41) is 2.04. The van der Waals surface area contributed by atoms with Gasteiger partial charge in [0.1, 0.15) is 10.5 Å². The second-order valence-corrected chi connectivity index (χ2v) is 5.40. The molecule has 2 aromatic rings. The summed E-state index contributed by atoms with van der Waals surface area (Å²) in [5.41, 5.74) is 2.27. The van der Waals surface area contributed by atoms with Crippen LogP contribution < -0.4 is 0 Å². The van der Waals surface area contributed by atoms with Crippen LogP contribution in [-0.2, 0) is 0 Å². The molecule has 0 aromatic carbocycles. The van der Waals surface area contributed by atoms with E-state index in [1.54, 1.807) is 11.3 Å². The van der Waals surface area contributed by atoms with Crippen molar-refractivity contribution in [1.82, 2.24) is 9.97 Å². The predicted molar refractivity (Wildman–Crippen MR) is 71.6 cm³/mol. The van der Waals surface area contributed by atoms with Gasteiger partial charge in [-0.2, -0.15) is 0 Å². The fourth-order valence-corrected chi connectivity index (χ4v) is 2.95. The van der Waals surface area contributed by atoms with Crippen LogP contribution in [0.15, 0.2) is 17.5 Å². The molecule has 2 rings (SSSR count). The molecule has 0 amide bonds. The topological polar surface area (TPSA) is 28.7 Å². The van der Waals surface area contributed by atoms with E-state index in [1.807, 2.05) is 17.5 Å². The van der Waals surface area contributed by atoms with E-state index in [9.17, 15) is 0 Å². The monoisotopic (exact) mass is 250 g/mol. The number of thiophene rings is 1. The number of H-pyrrole nitrogens is 1. The van der Waals surface area contributed by atoms with Crippen molar-refractivity contribution in [3.8, 4) is 10.7 Å². The van der Waals surface area contributed by atoms with Crippen LogP contribution in [0.5, 0.6) is 0 Å². The van der Waals surface area contributed by atoms with Crippen molar-refractivity contribution in [2.45, 2.75) is 26.7 Å². The zero-order valence-electron chi connectivity index (χ0n) is 9.57. The maximum Gasteiger partial charge on any atom is 0.149 e. The lowest BCUT2D eigenvalue weighted by Gasteiger charge is -2.10. The average molecular weight is 250 g/mol. The lowest BCUT2D eigenvalue weighted by Crippen LogP contribution is -2.01. The van der Waals surface area contributed by atoms with Crippen molar-refractivity contribution in [2.24, 2.45) is 0 Å². The average Bonchev–Trinajstić information content (AvgIpc) is 2.67. The van der Waals surface area contributed by atoms with Gasteiger partial charge in [0.2, 0.25) is 0 Å². The number of hydrogen-bond acceptors (Lipinski definition) is 3. The first-order chi connectivity index (χ1) is 7.59. The summed E-state index contributed by atoms with van der Waals surface area (Å²) < 4.78 is 0.717. The van der Waals surface area contributed by atoms with E-state index >= 15 is 0 Å². The molecule has 0 bridgehead atoms. The van der Waals surface area contributed by atoms with Gasteiger partial charge < -0.3 is 4.98 Å². The number of aromatic nitrogens is 2. The van der Waals surface area contributed by atoms with Crippen LogP contribution in [0.2, 0.25) is 0 Å². The largest absolute Gasteiger partial charge is 0.342 e. The predicted octanol–water partition coefficient (Wildman–Crippen LogP) is 4.30. The lowest BCUT2D eigenvalue weighted by atomic mass is 10.0. The summed E-state index contributed by atoms with van der Waals surface area (Å²) in [4.78, 5) is 8.93. The summed E-state index contributed by atoms with van der Waals surface area (Å²) in [7, 11) is 0. The molecule has 0 fully saturated rings. The summed E-state index contributed by atoms with van der Waals surface area (Å²) in [5.74, 6) is 1.29. The Morgan fingerprint density at radius 1 is 1.44 bits per heavy atom. The third-order valence-electron chi connectivity index (χ3n) is 2.49. The molecule has 1 N–H and O–H groups in total. The van der Waals surface area contributed by atoms with Crippen molar-refractivity contribution in [3.63, 3.8) is 0 Å². The van der Waals surface area contributed by atoms with Crippen molar-refractivity contribution < 1.29 is 0 Å². The molecule has 84 valence electrons. The van der Waals surface area contributed by atoms with E-state index in [0.29, 0.717) is 5.92 Å². The number of nitrogens with one attached hydrogen (secondary N) is 1. The minimum Gasteiger partial charge on any atom is -0.342 e. The summed E-state index contributed by atoms with van der Waals surface area (Å²) in [6, 6.07) is 4.07. The van der Waals surface area contributed by atoms with E-state index < -0.39 is 0 Å². The highest BCUT2D eigenvalue weighted by molar-refractivity contribution is 7.71. The van der Waals surface area contributed by atoms with Gasteiger partial charge in [0.15, 0.2) is 0 Å². The van der Waals surface area contributed by atoms with Crippen molar-refractivity contribution in [3.05, 3.63) is 33.4 Å². The molecule has 0 spiro atoms. The van der Waals surface area contributed by atoms with Crippen LogP contribution in [0.4, 0.5) is 0 Å². The summed E-state index contributed by atoms with van der Waals surface area (Å²) in [6.45, 7) is 6.33. The highest BCUT2D eigenvalue weighted by Gasteiger charge is 2.10. The number of nitrogens with zero attached hydrogens (tertiary/aromatic N) is 1. The Hall–Kier alpha value is -1.00. The van der Waals surface area contributed by atoms with Gasteiger partial charge in [-0.25, -0.2) is 4.98 Å². The first-order valence-corrected chi connectivity index (χ1v) is 6.53. The standard InChI is InChI=1S/C12H14N2S2/c1-7(2)10-8(3)13-11(14-12(10)15)9-5-4-6-16-9/h4-7H,1-3H3,(H,13,14,15). The Morgan fingerprint density at radius 2 is 2.19 bits per heavy atom. The van der Waals surface area contributed by atoms with Gasteiger partial charge in [0.25, 0.3) is 0 Å². The van der Waals surface area contributed by atoms with Crippen LogP contribution in [0.1, 0.15) is 31.0 Å². The molecule has 0 aliphatic carbocycles. The number of rotatable bonds is 2. The number of hydrogen-bond donors (Lipinski definition) is 1. The van der Waals surface area contributed by atoms with Crippen LogP contribution in [0.25, 0.3) is 10.7 Å². The lowest BCUT2D eigenvalue weighted by molar-refractivity contribution is 0.825. The van der Waals surface area contributed by atoms with Crippen LogP contribution in [-0.4, -0.2) is 9.97 Å². The number of aromatic amines is 1. The van der Waals surface area contributed by atoms with Gasteiger partial charge in [-0.05, 0) is 24.3 Å². The molecule has 0 atom stereocenters. The maximum atomic E-state index is 5.35. The van der Waals surface area contributed by atoms with E-state index in [-0.39, 0.29) is 0 Å². The van der Waals surface area contributed by atoms with Crippen molar-refractivity contribution in [1.29, 1.82) is 0 Å². The molecule has 2 nitrogen and oxygen atoms in total. The molecule has 0 radical (unpaired) electrons. The molecule has 0 saturated heterocycles. The minimum absolute atomic E-state index is 0.411. The van der Waals surface area contributed by atoms with Crippen molar-refractivity contribution >= 4 is 23.6 Å². The summed E-state index contributed by atoms with van der Waals surface area (Å²) >= 11 is 7.02. The Labute approximate surface area is 104 Å². The van der Waals surface area contributed by atoms with Gasteiger partial charge in [-0.3, -0.25) is 0 Å². The highest BCUT2D eigenvalue weighted by atomic mass is 32.1. The second-order valence-electron chi connectivity index (χ2n) is 4.06. The third kappa shape index (κ3) is 2.08. The molecular weight excluding hydrogens is 236 g/mol. The molecule has 0 unspecified atom stereocenters. The maximum absolute atomic E-state index is 5.35. The molecule has 0 aliphatic heterocycles. The fraction of sp³-hybridized carbons (Fsp3) is 0.333. The molecule has 16 heavy (non-hydrogen) atoms. The first-order valence-electron chi connectivity index (χ1n) is 5.24. The van der Waals surface area contributed by atoms with Gasteiger partial charge >= 0.3 is 0 Å². The smallest absolute Gasteiger partial charge is 0.149 e. The van der Waals surface area contributed by atoms with Crippen molar-refractivity contribution in [2.75, 3.05) is 0 Å². The van der Waals surface area contributed by atoms with Gasteiger partial charge in [0.05, 0.1) is 4.88 Å². The molecule has 4 heteroatoms. The molecule has 0 aliphatic rings. The van der Waals surface area contributed by atoms with Gasteiger partial charge in [-0.1, -0.05) is 32.1 Å². The van der Waals surface area contributed by atoms with Gasteiger partial charge in [-0.15, -0.1) is 11.3 Å². The zero-order chi connectivity index (χ0) is 11.7. The molecular formula is C12H14N2S2. The van der Waals surface area contributed by atoms with E-state index in [1.165, 1.54) is 0 Å². The molecule has 0 saturated carbocycles. The molecule has 2 aromatic heterocycles. The van der Waals surface area contributed by atoms with E-state index in [0.717, 1.165) is 26.6 Å². The van der Waals surface area contributed by atoms with E-state index in [4.69, 9.17) is 12.2 Å². The minimum atomic E-state index is 0.411. The van der Waals surface area contributed by atoms with Crippen LogP contribution in [0, 0.1) is 11.6 Å². The molecule has 2 heterocycles. The fourth-order valence-electron chi connectivity index (χ4n) is 1.81. The first kappa shape index (κ1) is 11.5. The Balaban J connectivity index is 2.58. The summed E-state index contributed by atoms with van der Waals surface area (Å²) in [6.07, 6.45) is 0. The van der Waals surface area contributed by atoms with E-state index in [2.05, 4.69) is 30.7 Å². The van der Waals surface area contributed by atoms with Crippen LogP contribution >= 0.6 is 23.6 Å². The number of aryl methyl sites for hydroxylation is 1. The SMILES string of the molecule is Cc1[nH]c(-c2cccs2)nc(=S)c1C(C)C. The highest BCUT2D eigenvalue weighted by Crippen LogP contribution is 2.24. The Kier molecular flexibility index (Phi) is 3.21. The third-order valence-corrected chi connectivity index (χ3v) is 3.67. The quantitative estimate of drug-likeness (QED) is 0.805. The Morgan fingerprint density at radius 3 is 2.69 bits per heavy atom. The normalized spacial score (nSPS) is 11.0. The Bertz CT molecular complexity index is 539. The van der Waals surface area contributed by atoms with Gasteiger partial charge in [0, 0.05) is 11.3 Å².